The molecule has 1 aromatic carbocycles. The Labute approximate surface area is 191 Å². The maximum atomic E-state index is 13.0. The number of aromatic nitrogens is 5. The van der Waals surface area contributed by atoms with Crippen LogP contribution in [0.2, 0.25) is 0 Å². The van der Waals surface area contributed by atoms with Gasteiger partial charge < -0.3 is 9.47 Å². The summed E-state index contributed by atoms with van der Waals surface area (Å²) in [4.78, 5) is 40.3. The fraction of sp³-hybridized carbons (Fsp3) is 0.381. The molecule has 1 spiro atoms. The summed E-state index contributed by atoms with van der Waals surface area (Å²) >= 11 is 2.29. The maximum absolute atomic E-state index is 13.0. The van der Waals surface area contributed by atoms with Crippen molar-refractivity contribution in [1.82, 2.24) is 29.4 Å². The first kappa shape index (κ1) is 20.2. The molecule has 5 rings (SSSR count). The van der Waals surface area contributed by atoms with E-state index in [4.69, 9.17) is 0 Å². The van der Waals surface area contributed by atoms with Crippen molar-refractivity contribution in [3.05, 3.63) is 72.8 Å². The van der Waals surface area contributed by atoms with E-state index in [9.17, 15) is 14.4 Å². The number of halogens is 1. The molecule has 1 atom stereocenters. The minimum Gasteiger partial charge on any atom is -0.336 e. The lowest BCUT2D eigenvalue weighted by molar-refractivity contribution is -0.133. The molecule has 2 aliphatic rings. The Hall–Kier alpha value is -2.76. The van der Waals surface area contributed by atoms with Crippen LogP contribution in [0.5, 0.6) is 0 Å². The molecule has 31 heavy (non-hydrogen) atoms. The number of rotatable bonds is 5. The van der Waals surface area contributed by atoms with Gasteiger partial charge in [0.25, 0.3) is 5.56 Å². The number of aromatic amines is 1. The largest absolute Gasteiger partial charge is 0.336 e. The third-order valence-electron chi connectivity index (χ3n) is 6.32. The van der Waals surface area contributed by atoms with Gasteiger partial charge in [0.05, 0.1) is 23.1 Å². The number of hydrogen-bond donors (Lipinski definition) is 1. The second kappa shape index (κ2) is 7.74. The first-order chi connectivity index (χ1) is 15.0. The Balaban J connectivity index is 1.31. The lowest BCUT2D eigenvalue weighted by atomic mass is 9.94. The molecule has 0 radical (unpaired) electrons. The SMILES string of the molecule is O=C(CCn1ccc(=O)[nH]c1=O)N1CCC(c2cn(-c3ccccc3I)nn2)C12CC2. The number of para-hydroxylation sites is 1. The van der Waals surface area contributed by atoms with Crippen molar-refractivity contribution in [1.29, 1.82) is 0 Å². The molecule has 1 aliphatic heterocycles. The lowest BCUT2D eigenvalue weighted by Crippen LogP contribution is -2.40. The summed E-state index contributed by atoms with van der Waals surface area (Å²) in [6.07, 6.45) is 6.40. The Kier molecular flexibility index (Phi) is 5.03. The fourth-order valence-corrected chi connectivity index (χ4v) is 5.28. The highest BCUT2D eigenvalue weighted by atomic mass is 127. The molecule has 3 aromatic rings. The van der Waals surface area contributed by atoms with Crippen LogP contribution < -0.4 is 11.2 Å². The average Bonchev–Trinajstić information content (AvgIpc) is 3.22. The first-order valence-electron chi connectivity index (χ1n) is 10.3. The second-order valence-electron chi connectivity index (χ2n) is 8.08. The van der Waals surface area contributed by atoms with Gasteiger partial charge >= 0.3 is 5.69 Å². The minimum absolute atomic E-state index is 0.0306. The van der Waals surface area contributed by atoms with Crippen LogP contribution >= 0.6 is 22.6 Å². The summed E-state index contributed by atoms with van der Waals surface area (Å²) in [5.74, 6) is 0.200. The standard InChI is InChI=1S/C21H21IN6O3/c22-15-3-1-2-4-17(15)28-13-16(24-25-28)14-5-12-27(21(14)8-9-21)19(30)7-11-26-10-6-18(29)23-20(26)31/h1-4,6,10,13-14H,5,7-9,11-12H2,(H,23,29,31). The highest BCUT2D eigenvalue weighted by Gasteiger charge is 2.59. The molecule has 0 bridgehead atoms. The number of hydrogen-bond acceptors (Lipinski definition) is 5. The van der Waals surface area contributed by atoms with Gasteiger partial charge in [0, 0.05) is 41.3 Å². The zero-order valence-corrected chi connectivity index (χ0v) is 18.9. The smallest absolute Gasteiger partial charge is 0.328 e. The second-order valence-corrected chi connectivity index (χ2v) is 9.25. The lowest BCUT2D eigenvalue weighted by Gasteiger charge is -2.27. The normalized spacial score (nSPS) is 19.1. The molecule has 160 valence electrons. The van der Waals surface area contributed by atoms with E-state index >= 15 is 0 Å². The van der Waals surface area contributed by atoms with Crippen molar-refractivity contribution in [3.8, 4) is 5.69 Å². The van der Waals surface area contributed by atoms with E-state index in [2.05, 4.69) is 37.9 Å². The molecule has 2 aromatic heterocycles. The summed E-state index contributed by atoms with van der Waals surface area (Å²) < 4.78 is 4.26. The van der Waals surface area contributed by atoms with Crippen LogP contribution in [0.25, 0.3) is 5.69 Å². The van der Waals surface area contributed by atoms with Gasteiger partial charge in [-0.3, -0.25) is 14.6 Å². The van der Waals surface area contributed by atoms with Crippen molar-refractivity contribution >= 4 is 28.5 Å². The summed E-state index contributed by atoms with van der Waals surface area (Å²) in [5.41, 5.74) is 0.795. The van der Waals surface area contributed by atoms with Crippen LogP contribution in [0.15, 0.2) is 52.3 Å². The Bertz CT molecular complexity index is 1260. The summed E-state index contributed by atoms with van der Waals surface area (Å²) in [7, 11) is 0. The number of aryl methyl sites for hydroxylation is 1. The van der Waals surface area contributed by atoms with Crippen LogP contribution in [0.4, 0.5) is 0 Å². The topological polar surface area (TPSA) is 106 Å². The molecule has 2 fully saturated rings. The van der Waals surface area contributed by atoms with Gasteiger partial charge in [-0.05, 0) is 54.0 Å². The zero-order chi connectivity index (χ0) is 21.6. The molecule has 1 amide bonds. The average molecular weight is 532 g/mol. The highest BCUT2D eigenvalue weighted by molar-refractivity contribution is 14.1. The molecule has 1 unspecified atom stereocenters. The molecule has 1 N–H and O–H groups in total. The van der Waals surface area contributed by atoms with Crippen LogP contribution in [0.3, 0.4) is 0 Å². The number of carbonyl (C=O) groups excluding carboxylic acids is 1. The van der Waals surface area contributed by atoms with E-state index in [1.165, 1.54) is 16.8 Å². The summed E-state index contributed by atoms with van der Waals surface area (Å²) in [6.45, 7) is 0.925. The van der Waals surface area contributed by atoms with E-state index in [-0.39, 0.29) is 30.3 Å². The minimum atomic E-state index is -0.493. The molecule has 1 saturated heterocycles. The van der Waals surface area contributed by atoms with E-state index in [0.29, 0.717) is 6.54 Å². The van der Waals surface area contributed by atoms with Gasteiger partial charge in [0.2, 0.25) is 5.91 Å². The van der Waals surface area contributed by atoms with Crippen LogP contribution in [-0.2, 0) is 11.3 Å². The molecular formula is C21H21IN6O3. The van der Waals surface area contributed by atoms with E-state index < -0.39 is 11.2 Å². The van der Waals surface area contributed by atoms with Crippen LogP contribution in [-0.4, -0.2) is 47.4 Å². The highest BCUT2D eigenvalue weighted by Crippen LogP contribution is 2.57. The number of amides is 1. The predicted molar refractivity (Wildman–Crippen MR) is 121 cm³/mol. The van der Waals surface area contributed by atoms with E-state index in [1.54, 1.807) is 4.68 Å². The quantitative estimate of drug-likeness (QED) is 0.504. The molecule has 1 saturated carbocycles. The molecule has 1 aliphatic carbocycles. The number of likely N-dealkylation sites (tertiary alicyclic amines) is 1. The molecule has 10 heteroatoms. The fourth-order valence-electron chi connectivity index (χ4n) is 4.64. The van der Waals surface area contributed by atoms with Gasteiger partial charge in [0.1, 0.15) is 0 Å². The molecular weight excluding hydrogens is 511 g/mol. The van der Waals surface area contributed by atoms with E-state index in [0.717, 1.165) is 34.2 Å². The number of carbonyl (C=O) groups is 1. The number of nitrogens with one attached hydrogen (secondary N) is 1. The Morgan fingerprint density at radius 2 is 2.03 bits per heavy atom. The van der Waals surface area contributed by atoms with Gasteiger partial charge in [-0.1, -0.05) is 17.3 Å². The van der Waals surface area contributed by atoms with Gasteiger partial charge in [0.15, 0.2) is 0 Å². The van der Waals surface area contributed by atoms with E-state index in [1.807, 2.05) is 35.4 Å². The monoisotopic (exact) mass is 532 g/mol. The third kappa shape index (κ3) is 3.62. The summed E-state index contributed by atoms with van der Waals surface area (Å²) in [5, 5.41) is 8.79. The Morgan fingerprint density at radius 3 is 2.77 bits per heavy atom. The van der Waals surface area contributed by atoms with Crippen molar-refractivity contribution in [3.63, 3.8) is 0 Å². The number of nitrogens with zero attached hydrogens (tertiary/aromatic N) is 5. The molecule has 9 nitrogen and oxygen atoms in total. The van der Waals surface area contributed by atoms with Crippen molar-refractivity contribution in [2.45, 2.75) is 43.7 Å². The number of H-pyrrole nitrogens is 1. The van der Waals surface area contributed by atoms with Crippen LogP contribution in [0.1, 0.15) is 37.3 Å². The van der Waals surface area contributed by atoms with Gasteiger partial charge in [-0.25, -0.2) is 9.48 Å². The van der Waals surface area contributed by atoms with Crippen LogP contribution in [0, 0.1) is 3.57 Å². The van der Waals surface area contributed by atoms with Crippen molar-refractivity contribution in [2.75, 3.05) is 6.54 Å². The Morgan fingerprint density at radius 1 is 1.23 bits per heavy atom. The van der Waals surface area contributed by atoms with Gasteiger partial charge in [-0.15, -0.1) is 5.10 Å². The van der Waals surface area contributed by atoms with Gasteiger partial charge in [-0.2, -0.15) is 0 Å². The third-order valence-corrected chi connectivity index (χ3v) is 7.23. The maximum Gasteiger partial charge on any atom is 0.328 e. The van der Waals surface area contributed by atoms with Crippen molar-refractivity contribution in [2.24, 2.45) is 0 Å². The summed E-state index contributed by atoms with van der Waals surface area (Å²) in [6, 6.07) is 9.30. The number of benzene rings is 1. The molecule has 3 heterocycles. The van der Waals surface area contributed by atoms with Crippen molar-refractivity contribution < 1.29 is 4.79 Å². The first-order valence-corrected chi connectivity index (χ1v) is 11.3. The predicted octanol–water partition coefficient (Wildman–Crippen LogP) is 1.66. The zero-order valence-electron chi connectivity index (χ0n) is 16.7.